The van der Waals surface area contributed by atoms with Crippen molar-refractivity contribution >= 4 is 17.7 Å². The Morgan fingerprint density at radius 2 is 2.19 bits per heavy atom. The monoisotopic (exact) mass is 244 g/mol. The fraction of sp³-hybridized carbons (Fsp3) is 0.917. The summed E-state index contributed by atoms with van der Waals surface area (Å²) in [6, 6.07) is 0.358. The Balaban J connectivity index is 2.47. The first-order valence-corrected chi connectivity index (χ1v) is 7.55. The Morgan fingerprint density at radius 3 is 2.75 bits per heavy atom. The van der Waals surface area contributed by atoms with Gasteiger partial charge in [-0.3, -0.25) is 4.79 Å². The molecule has 16 heavy (non-hydrogen) atoms. The third kappa shape index (κ3) is 3.67. The smallest absolute Gasteiger partial charge is 0.224 e. The zero-order chi connectivity index (χ0) is 12.0. The number of nitrogens with one attached hydrogen (secondary N) is 1. The first kappa shape index (κ1) is 13.8. The van der Waals surface area contributed by atoms with Gasteiger partial charge < -0.3 is 11.1 Å². The van der Waals surface area contributed by atoms with E-state index in [1.165, 1.54) is 19.3 Å². The van der Waals surface area contributed by atoms with Crippen molar-refractivity contribution in [2.75, 3.05) is 12.8 Å². The summed E-state index contributed by atoms with van der Waals surface area (Å²) >= 11 is 1.88. The highest BCUT2D eigenvalue weighted by Gasteiger charge is 2.27. The predicted molar refractivity (Wildman–Crippen MR) is 70.5 cm³/mol. The van der Waals surface area contributed by atoms with Crippen LogP contribution in [0.4, 0.5) is 0 Å². The van der Waals surface area contributed by atoms with Crippen LogP contribution in [0.2, 0.25) is 0 Å². The van der Waals surface area contributed by atoms with Gasteiger partial charge in [-0.05, 0) is 25.5 Å². The Bertz CT molecular complexity index is 219. The van der Waals surface area contributed by atoms with E-state index in [-0.39, 0.29) is 11.8 Å². The summed E-state index contributed by atoms with van der Waals surface area (Å²) in [7, 11) is 0. The van der Waals surface area contributed by atoms with Gasteiger partial charge in [0.25, 0.3) is 0 Å². The summed E-state index contributed by atoms with van der Waals surface area (Å²) in [4.78, 5) is 11.9. The Labute approximate surface area is 103 Å². The van der Waals surface area contributed by atoms with E-state index < -0.39 is 0 Å². The van der Waals surface area contributed by atoms with Crippen LogP contribution in [-0.2, 0) is 4.79 Å². The quantitative estimate of drug-likeness (QED) is 0.775. The lowest BCUT2D eigenvalue weighted by atomic mass is 9.94. The van der Waals surface area contributed by atoms with Crippen molar-refractivity contribution in [1.29, 1.82) is 0 Å². The van der Waals surface area contributed by atoms with Crippen molar-refractivity contribution in [2.24, 2.45) is 11.7 Å². The maximum Gasteiger partial charge on any atom is 0.224 e. The third-order valence-corrected chi connectivity index (χ3v) is 4.65. The number of nitrogens with two attached hydrogens (primary N) is 1. The molecule has 94 valence electrons. The van der Waals surface area contributed by atoms with Gasteiger partial charge in [0, 0.05) is 23.8 Å². The van der Waals surface area contributed by atoms with E-state index in [1.807, 2.05) is 18.7 Å². The van der Waals surface area contributed by atoms with E-state index >= 15 is 0 Å². The molecule has 3 unspecified atom stereocenters. The molecule has 3 N–H and O–H groups in total. The zero-order valence-corrected chi connectivity index (χ0v) is 11.2. The lowest BCUT2D eigenvalue weighted by molar-refractivity contribution is -0.125. The first-order chi connectivity index (χ1) is 7.72. The van der Waals surface area contributed by atoms with Crippen molar-refractivity contribution < 1.29 is 4.79 Å². The molecule has 0 spiro atoms. The van der Waals surface area contributed by atoms with Crippen molar-refractivity contribution in [3.8, 4) is 0 Å². The third-order valence-electron chi connectivity index (χ3n) is 3.48. The van der Waals surface area contributed by atoms with E-state index in [0.29, 0.717) is 17.8 Å². The van der Waals surface area contributed by atoms with E-state index in [4.69, 9.17) is 5.73 Å². The highest BCUT2D eigenvalue weighted by molar-refractivity contribution is 7.99. The molecule has 1 aliphatic carbocycles. The molecular formula is C12H24N2OS. The van der Waals surface area contributed by atoms with Crippen molar-refractivity contribution in [1.82, 2.24) is 5.32 Å². The second kappa shape index (κ2) is 7.17. The van der Waals surface area contributed by atoms with E-state index in [2.05, 4.69) is 11.6 Å². The second-order valence-electron chi connectivity index (χ2n) is 4.51. The number of hydrogen-bond acceptors (Lipinski definition) is 3. The summed E-state index contributed by atoms with van der Waals surface area (Å²) in [5.41, 5.74) is 5.59. The largest absolute Gasteiger partial charge is 0.352 e. The second-order valence-corrected chi connectivity index (χ2v) is 5.59. The molecule has 1 aliphatic rings. The molecule has 0 bridgehead atoms. The van der Waals surface area contributed by atoms with Gasteiger partial charge in [-0.15, -0.1) is 0 Å². The molecule has 1 fully saturated rings. The highest BCUT2D eigenvalue weighted by atomic mass is 32.2. The Morgan fingerprint density at radius 1 is 1.50 bits per heavy atom. The van der Waals surface area contributed by atoms with Gasteiger partial charge in [0.05, 0.1) is 0 Å². The predicted octanol–water partition coefficient (Wildman–Crippen LogP) is 1.76. The minimum absolute atomic E-state index is 0.00978. The summed E-state index contributed by atoms with van der Waals surface area (Å²) in [6.07, 6.45) is 7.85. The molecule has 3 atom stereocenters. The summed E-state index contributed by atoms with van der Waals surface area (Å²) < 4.78 is 0. The standard InChI is InChI=1S/C12H24N2OS/c1-3-9(8-13)12(15)14-10-6-4-5-7-11(10)16-2/h9-11H,3-8,13H2,1-2H3,(H,14,15). The molecule has 1 rings (SSSR count). The van der Waals surface area contributed by atoms with Crippen LogP contribution < -0.4 is 11.1 Å². The lowest BCUT2D eigenvalue weighted by Gasteiger charge is -2.32. The highest BCUT2D eigenvalue weighted by Crippen LogP contribution is 2.27. The molecule has 3 nitrogen and oxygen atoms in total. The van der Waals surface area contributed by atoms with Gasteiger partial charge in [-0.1, -0.05) is 19.8 Å². The molecule has 0 heterocycles. The number of thioether (sulfide) groups is 1. The molecule has 0 saturated heterocycles. The van der Waals surface area contributed by atoms with Crippen LogP contribution >= 0.6 is 11.8 Å². The van der Waals surface area contributed by atoms with E-state index in [1.54, 1.807) is 0 Å². The minimum Gasteiger partial charge on any atom is -0.352 e. The summed E-state index contributed by atoms with van der Waals surface area (Å²) in [5.74, 6) is 0.139. The Kier molecular flexibility index (Phi) is 6.21. The molecule has 0 aromatic heterocycles. The average molecular weight is 244 g/mol. The van der Waals surface area contributed by atoms with Gasteiger partial charge in [-0.25, -0.2) is 0 Å². The molecular weight excluding hydrogens is 220 g/mol. The molecule has 0 aromatic rings. The maximum absolute atomic E-state index is 11.9. The van der Waals surface area contributed by atoms with Crippen LogP contribution in [0.1, 0.15) is 39.0 Å². The summed E-state index contributed by atoms with van der Waals surface area (Å²) in [5, 5.41) is 3.77. The number of carbonyl (C=O) groups excluding carboxylic acids is 1. The Hall–Kier alpha value is -0.220. The molecule has 4 heteroatoms. The van der Waals surface area contributed by atoms with Gasteiger partial charge in [0.1, 0.15) is 0 Å². The van der Waals surface area contributed by atoms with Crippen LogP contribution in [0.3, 0.4) is 0 Å². The van der Waals surface area contributed by atoms with Crippen molar-refractivity contribution in [2.45, 2.75) is 50.3 Å². The molecule has 1 saturated carbocycles. The van der Waals surface area contributed by atoms with Crippen LogP contribution in [0.25, 0.3) is 0 Å². The lowest BCUT2D eigenvalue weighted by Crippen LogP contribution is -2.47. The number of hydrogen-bond donors (Lipinski definition) is 2. The average Bonchev–Trinajstić information content (AvgIpc) is 2.31. The van der Waals surface area contributed by atoms with E-state index in [0.717, 1.165) is 12.8 Å². The van der Waals surface area contributed by atoms with Gasteiger partial charge in [0.15, 0.2) is 0 Å². The fourth-order valence-corrected chi connectivity index (χ4v) is 3.24. The van der Waals surface area contributed by atoms with Gasteiger partial charge in [0.2, 0.25) is 5.91 Å². The van der Waals surface area contributed by atoms with Crippen LogP contribution in [0.15, 0.2) is 0 Å². The zero-order valence-electron chi connectivity index (χ0n) is 10.4. The maximum atomic E-state index is 11.9. The number of rotatable bonds is 5. The van der Waals surface area contributed by atoms with Crippen LogP contribution in [-0.4, -0.2) is 30.0 Å². The van der Waals surface area contributed by atoms with Gasteiger partial charge in [-0.2, -0.15) is 11.8 Å². The molecule has 0 aromatic carbocycles. The molecule has 0 radical (unpaired) electrons. The minimum atomic E-state index is -0.00978. The summed E-state index contributed by atoms with van der Waals surface area (Å²) in [6.45, 7) is 2.48. The topological polar surface area (TPSA) is 55.1 Å². The van der Waals surface area contributed by atoms with Crippen molar-refractivity contribution in [3.63, 3.8) is 0 Å². The molecule has 1 amide bonds. The van der Waals surface area contributed by atoms with E-state index in [9.17, 15) is 4.79 Å². The normalized spacial score (nSPS) is 27.4. The SMILES string of the molecule is CCC(CN)C(=O)NC1CCCCC1SC. The van der Waals surface area contributed by atoms with Crippen molar-refractivity contribution in [3.05, 3.63) is 0 Å². The molecule has 0 aliphatic heterocycles. The fourth-order valence-electron chi connectivity index (χ4n) is 2.30. The van der Waals surface area contributed by atoms with Crippen LogP contribution in [0, 0.1) is 5.92 Å². The van der Waals surface area contributed by atoms with Gasteiger partial charge >= 0.3 is 0 Å². The number of amides is 1. The first-order valence-electron chi connectivity index (χ1n) is 6.26. The van der Waals surface area contributed by atoms with Crippen LogP contribution in [0.5, 0.6) is 0 Å². The number of carbonyl (C=O) groups is 1.